The van der Waals surface area contributed by atoms with Crippen molar-refractivity contribution >= 4 is 17.2 Å². The van der Waals surface area contributed by atoms with Gasteiger partial charge in [-0.25, -0.2) is 0 Å². The molecule has 1 aliphatic rings. The van der Waals surface area contributed by atoms with Gasteiger partial charge in [0.2, 0.25) is 17.6 Å². The standard InChI is InChI=1S/C21H33N5O2S/c1-16(2)26(17(3)4)20(27)15-25-12-10-24(11-13-25)9-5-8-19-22-21(23-28-19)18-7-6-14-29-18/h6-7,14,16-17H,5,8-13,15H2,1-4H3. The first-order chi connectivity index (χ1) is 13.9. The zero-order chi connectivity index (χ0) is 20.8. The predicted octanol–water partition coefficient (Wildman–Crippen LogP) is 2.99. The minimum absolute atomic E-state index is 0.237. The third-order valence-electron chi connectivity index (χ3n) is 5.30. The molecule has 0 atom stereocenters. The summed E-state index contributed by atoms with van der Waals surface area (Å²) in [5.74, 6) is 1.63. The van der Waals surface area contributed by atoms with E-state index in [-0.39, 0.29) is 18.0 Å². The smallest absolute Gasteiger partial charge is 0.237 e. The molecule has 1 amide bonds. The van der Waals surface area contributed by atoms with E-state index < -0.39 is 0 Å². The van der Waals surface area contributed by atoms with Gasteiger partial charge in [-0.15, -0.1) is 11.3 Å². The second-order valence-electron chi connectivity index (χ2n) is 8.20. The van der Waals surface area contributed by atoms with Gasteiger partial charge in [0.05, 0.1) is 11.4 Å². The Morgan fingerprint density at radius 3 is 2.48 bits per heavy atom. The number of nitrogens with zero attached hydrogens (tertiary/aromatic N) is 5. The summed E-state index contributed by atoms with van der Waals surface area (Å²) in [6.45, 7) is 13.8. The average molecular weight is 420 g/mol. The van der Waals surface area contributed by atoms with Gasteiger partial charge in [0.15, 0.2) is 0 Å². The van der Waals surface area contributed by atoms with E-state index in [9.17, 15) is 4.79 Å². The average Bonchev–Trinajstić information content (AvgIpc) is 3.34. The summed E-state index contributed by atoms with van der Waals surface area (Å²) in [4.78, 5) is 24.9. The van der Waals surface area contributed by atoms with Crippen molar-refractivity contribution < 1.29 is 9.32 Å². The highest BCUT2D eigenvalue weighted by molar-refractivity contribution is 7.13. The first kappa shape index (κ1) is 21.9. The van der Waals surface area contributed by atoms with Crippen LogP contribution in [0, 0.1) is 0 Å². The molecule has 7 nitrogen and oxygen atoms in total. The van der Waals surface area contributed by atoms with Gasteiger partial charge in [-0.1, -0.05) is 11.2 Å². The molecule has 0 aliphatic carbocycles. The summed E-state index contributed by atoms with van der Waals surface area (Å²) in [5.41, 5.74) is 0. The summed E-state index contributed by atoms with van der Waals surface area (Å²) >= 11 is 1.62. The van der Waals surface area contributed by atoms with Crippen LogP contribution in [0.1, 0.15) is 40.0 Å². The lowest BCUT2D eigenvalue weighted by atomic mass is 10.2. The third-order valence-corrected chi connectivity index (χ3v) is 6.16. The molecule has 1 fully saturated rings. The van der Waals surface area contributed by atoms with Crippen LogP contribution in [0.5, 0.6) is 0 Å². The largest absolute Gasteiger partial charge is 0.339 e. The highest BCUT2D eigenvalue weighted by Crippen LogP contribution is 2.21. The molecule has 0 bridgehead atoms. The number of aryl methyl sites for hydroxylation is 1. The molecule has 0 aromatic carbocycles. The van der Waals surface area contributed by atoms with E-state index in [1.165, 1.54) is 0 Å². The van der Waals surface area contributed by atoms with Gasteiger partial charge in [0.1, 0.15) is 0 Å². The number of aromatic nitrogens is 2. The number of amides is 1. The highest BCUT2D eigenvalue weighted by atomic mass is 32.1. The molecule has 0 saturated carbocycles. The molecule has 8 heteroatoms. The van der Waals surface area contributed by atoms with Crippen molar-refractivity contribution in [2.24, 2.45) is 0 Å². The van der Waals surface area contributed by atoms with Gasteiger partial charge in [-0.3, -0.25) is 9.69 Å². The van der Waals surface area contributed by atoms with E-state index in [2.05, 4.69) is 47.6 Å². The van der Waals surface area contributed by atoms with Gasteiger partial charge in [-0.2, -0.15) is 4.98 Å². The molecule has 160 valence electrons. The van der Waals surface area contributed by atoms with E-state index in [0.717, 1.165) is 50.4 Å². The number of rotatable bonds is 9. The fraction of sp³-hybridized carbons (Fsp3) is 0.667. The first-order valence-electron chi connectivity index (χ1n) is 10.6. The monoisotopic (exact) mass is 419 g/mol. The van der Waals surface area contributed by atoms with E-state index in [4.69, 9.17) is 4.52 Å². The van der Waals surface area contributed by atoms with E-state index >= 15 is 0 Å². The molecule has 0 spiro atoms. The summed E-state index contributed by atoms with van der Waals surface area (Å²) in [6, 6.07) is 4.49. The highest BCUT2D eigenvalue weighted by Gasteiger charge is 2.24. The lowest BCUT2D eigenvalue weighted by Crippen LogP contribution is -2.52. The van der Waals surface area contributed by atoms with Crippen LogP contribution in [0.2, 0.25) is 0 Å². The fourth-order valence-electron chi connectivity index (χ4n) is 3.93. The van der Waals surface area contributed by atoms with Crippen molar-refractivity contribution in [2.75, 3.05) is 39.3 Å². The maximum Gasteiger partial charge on any atom is 0.237 e. The lowest BCUT2D eigenvalue weighted by molar-refractivity contribution is -0.136. The van der Waals surface area contributed by atoms with Crippen LogP contribution in [0.15, 0.2) is 22.0 Å². The van der Waals surface area contributed by atoms with Crippen LogP contribution in [-0.2, 0) is 11.2 Å². The Hall–Kier alpha value is -1.77. The fourth-order valence-corrected chi connectivity index (χ4v) is 4.58. The molecular formula is C21H33N5O2S. The third kappa shape index (κ3) is 6.10. The van der Waals surface area contributed by atoms with Crippen LogP contribution in [-0.4, -0.2) is 82.1 Å². The lowest BCUT2D eigenvalue weighted by Gasteiger charge is -2.37. The number of hydrogen-bond donors (Lipinski definition) is 0. The quantitative estimate of drug-likeness (QED) is 0.623. The zero-order valence-corrected chi connectivity index (χ0v) is 18.8. The summed E-state index contributed by atoms with van der Waals surface area (Å²) in [6.07, 6.45) is 1.80. The van der Waals surface area contributed by atoms with Crippen LogP contribution in [0.3, 0.4) is 0 Å². The Kier molecular flexibility index (Phi) is 7.80. The van der Waals surface area contributed by atoms with Crippen molar-refractivity contribution in [1.82, 2.24) is 24.8 Å². The topological polar surface area (TPSA) is 65.7 Å². The summed E-state index contributed by atoms with van der Waals surface area (Å²) in [7, 11) is 0. The van der Waals surface area contributed by atoms with Crippen LogP contribution in [0.4, 0.5) is 0 Å². The van der Waals surface area contributed by atoms with Crippen molar-refractivity contribution in [1.29, 1.82) is 0 Å². The Morgan fingerprint density at radius 1 is 1.17 bits per heavy atom. The Balaban J connectivity index is 1.36. The molecule has 2 aromatic rings. The van der Waals surface area contributed by atoms with Crippen molar-refractivity contribution in [3.8, 4) is 10.7 Å². The molecule has 0 N–H and O–H groups in total. The molecule has 3 rings (SSSR count). The van der Waals surface area contributed by atoms with Crippen molar-refractivity contribution in [2.45, 2.75) is 52.6 Å². The van der Waals surface area contributed by atoms with E-state index in [1.54, 1.807) is 11.3 Å². The van der Waals surface area contributed by atoms with Gasteiger partial charge < -0.3 is 14.3 Å². The molecule has 1 aliphatic heterocycles. The minimum atomic E-state index is 0.237. The van der Waals surface area contributed by atoms with Gasteiger partial charge in [0, 0.05) is 44.7 Å². The number of piperazine rings is 1. The van der Waals surface area contributed by atoms with Crippen molar-refractivity contribution in [3.05, 3.63) is 23.4 Å². The van der Waals surface area contributed by atoms with E-state index in [0.29, 0.717) is 18.3 Å². The zero-order valence-electron chi connectivity index (χ0n) is 18.0. The maximum absolute atomic E-state index is 12.6. The SMILES string of the molecule is CC(C)N(C(=O)CN1CCN(CCCc2nc(-c3cccs3)no2)CC1)C(C)C. The predicted molar refractivity (Wildman–Crippen MR) is 116 cm³/mol. The molecule has 2 aromatic heterocycles. The van der Waals surface area contributed by atoms with Gasteiger partial charge in [0.25, 0.3) is 0 Å². The Morgan fingerprint density at radius 2 is 1.86 bits per heavy atom. The first-order valence-corrected chi connectivity index (χ1v) is 11.4. The van der Waals surface area contributed by atoms with Gasteiger partial charge >= 0.3 is 0 Å². The number of carbonyl (C=O) groups excluding carboxylic acids is 1. The minimum Gasteiger partial charge on any atom is -0.339 e. The molecular weight excluding hydrogens is 386 g/mol. The van der Waals surface area contributed by atoms with E-state index in [1.807, 2.05) is 22.4 Å². The molecule has 0 radical (unpaired) electrons. The summed E-state index contributed by atoms with van der Waals surface area (Å²) < 4.78 is 5.38. The van der Waals surface area contributed by atoms with Crippen LogP contribution >= 0.6 is 11.3 Å². The second-order valence-corrected chi connectivity index (χ2v) is 9.15. The molecule has 0 unspecified atom stereocenters. The number of carbonyl (C=O) groups is 1. The maximum atomic E-state index is 12.6. The number of thiophene rings is 1. The molecule has 29 heavy (non-hydrogen) atoms. The Labute approximate surface area is 177 Å². The van der Waals surface area contributed by atoms with Gasteiger partial charge in [-0.05, 0) is 52.1 Å². The molecule has 3 heterocycles. The van der Waals surface area contributed by atoms with Crippen molar-refractivity contribution in [3.63, 3.8) is 0 Å². The van der Waals surface area contributed by atoms with Crippen LogP contribution < -0.4 is 0 Å². The van der Waals surface area contributed by atoms with Crippen LogP contribution in [0.25, 0.3) is 10.7 Å². The second kappa shape index (κ2) is 10.3. The number of hydrogen-bond acceptors (Lipinski definition) is 7. The molecule has 1 saturated heterocycles. The Bertz CT molecular complexity index is 743. The normalized spacial score (nSPS) is 16.1. The summed E-state index contributed by atoms with van der Waals surface area (Å²) in [5, 5.41) is 6.08.